The number of benzene rings is 1. The van der Waals surface area contributed by atoms with Crippen LogP contribution in [0, 0.1) is 0 Å². The molecule has 6 nitrogen and oxygen atoms in total. The van der Waals surface area contributed by atoms with Gasteiger partial charge in [0.05, 0.1) is 21.5 Å². The number of nitrogens with two attached hydrogens (primary N) is 1. The Kier molecular flexibility index (Phi) is 4.80. The van der Waals surface area contributed by atoms with Crippen LogP contribution in [0.4, 0.5) is 0 Å². The van der Waals surface area contributed by atoms with Gasteiger partial charge in [0.25, 0.3) is 0 Å². The van der Waals surface area contributed by atoms with Crippen molar-refractivity contribution in [2.75, 3.05) is 13.6 Å². The highest BCUT2D eigenvalue weighted by molar-refractivity contribution is 7.89. The van der Waals surface area contributed by atoms with Gasteiger partial charge in [-0.25, -0.2) is 8.42 Å². The van der Waals surface area contributed by atoms with E-state index in [4.69, 9.17) is 34.1 Å². The summed E-state index contributed by atoms with van der Waals surface area (Å²) >= 11 is 11.5. The van der Waals surface area contributed by atoms with E-state index in [0.717, 1.165) is 4.31 Å². The molecule has 0 aliphatic rings. The number of rotatable bonds is 4. The molecule has 0 heterocycles. The van der Waals surface area contributed by atoms with Crippen LogP contribution in [-0.2, 0) is 10.0 Å². The van der Waals surface area contributed by atoms with E-state index in [9.17, 15) is 8.42 Å². The molecule has 0 spiro atoms. The molecule has 0 aliphatic heterocycles. The highest BCUT2D eigenvalue weighted by atomic mass is 35.5. The first-order valence-electron chi connectivity index (χ1n) is 4.67. The standard InChI is InChI=1S/C9H11Cl2N3O3S/c1-14(5-9(12)13-15)18(16,17)6-2-3-7(10)8(11)4-6/h2-4,15H,5H2,1H3,(H2,12,13). The minimum atomic E-state index is -3.77. The van der Waals surface area contributed by atoms with Crippen LogP contribution in [0.1, 0.15) is 0 Å². The third kappa shape index (κ3) is 3.26. The predicted molar refractivity (Wildman–Crippen MR) is 69.7 cm³/mol. The fraction of sp³-hybridized carbons (Fsp3) is 0.222. The van der Waals surface area contributed by atoms with Crippen molar-refractivity contribution < 1.29 is 13.6 Å². The fourth-order valence-corrected chi connectivity index (χ4v) is 2.69. The Morgan fingerprint density at radius 2 is 2.06 bits per heavy atom. The molecule has 1 rings (SSSR count). The van der Waals surface area contributed by atoms with Crippen molar-refractivity contribution in [2.45, 2.75) is 4.90 Å². The maximum atomic E-state index is 12.1. The van der Waals surface area contributed by atoms with E-state index in [1.165, 1.54) is 25.2 Å². The molecule has 0 bridgehead atoms. The van der Waals surface area contributed by atoms with Crippen LogP contribution in [0.2, 0.25) is 10.0 Å². The zero-order valence-electron chi connectivity index (χ0n) is 9.34. The summed E-state index contributed by atoms with van der Waals surface area (Å²) in [5, 5.41) is 11.5. The molecular formula is C9H11Cl2N3O3S. The lowest BCUT2D eigenvalue weighted by Crippen LogP contribution is -2.35. The molecule has 0 radical (unpaired) electrons. The molecule has 0 saturated heterocycles. The summed E-state index contributed by atoms with van der Waals surface area (Å²) in [6, 6.07) is 3.95. The third-order valence-electron chi connectivity index (χ3n) is 2.11. The number of halogens is 2. The normalized spacial score (nSPS) is 13.0. The monoisotopic (exact) mass is 311 g/mol. The van der Waals surface area contributed by atoms with Gasteiger partial charge in [0.2, 0.25) is 10.0 Å². The third-order valence-corrected chi connectivity index (χ3v) is 4.65. The maximum Gasteiger partial charge on any atom is 0.243 e. The van der Waals surface area contributed by atoms with Crippen molar-refractivity contribution in [3.63, 3.8) is 0 Å². The van der Waals surface area contributed by atoms with Gasteiger partial charge in [0, 0.05) is 7.05 Å². The SMILES string of the molecule is CN(CC(N)=NO)S(=O)(=O)c1ccc(Cl)c(Cl)c1. The van der Waals surface area contributed by atoms with Gasteiger partial charge in [-0.3, -0.25) is 0 Å². The highest BCUT2D eigenvalue weighted by Gasteiger charge is 2.22. The average Bonchev–Trinajstić information content (AvgIpc) is 2.32. The van der Waals surface area contributed by atoms with Crippen molar-refractivity contribution in [1.29, 1.82) is 0 Å². The van der Waals surface area contributed by atoms with Crippen molar-refractivity contribution in [2.24, 2.45) is 10.9 Å². The molecule has 0 amide bonds. The number of hydrogen-bond acceptors (Lipinski definition) is 4. The van der Waals surface area contributed by atoms with Crippen molar-refractivity contribution in [3.05, 3.63) is 28.2 Å². The minimum Gasteiger partial charge on any atom is -0.409 e. The molecule has 0 aromatic heterocycles. The summed E-state index contributed by atoms with van der Waals surface area (Å²) in [6.45, 7) is -0.237. The number of nitrogens with zero attached hydrogens (tertiary/aromatic N) is 2. The van der Waals surface area contributed by atoms with Gasteiger partial charge in [-0.15, -0.1) is 0 Å². The Hall–Kier alpha value is -1.02. The summed E-state index contributed by atoms with van der Waals surface area (Å²) in [5.74, 6) is -0.221. The zero-order chi connectivity index (χ0) is 13.9. The molecule has 9 heteroatoms. The molecule has 1 aromatic carbocycles. The fourth-order valence-electron chi connectivity index (χ4n) is 1.16. The zero-order valence-corrected chi connectivity index (χ0v) is 11.7. The smallest absolute Gasteiger partial charge is 0.243 e. The van der Waals surface area contributed by atoms with Gasteiger partial charge in [-0.05, 0) is 18.2 Å². The van der Waals surface area contributed by atoms with E-state index in [2.05, 4.69) is 5.16 Å². The Bertz CT molecular complexity index is 574. The van der Waals surface area contributed by atoms with Crippen LogP contribution in [-0.4, -0.2) is 37.4 Å². The summed E-state index contributed by atoms with van der Waals surface area (Å²) in [4.78, 5) is -0.0230. The Balaban J connectivity index is 3.09. The highest BCUT2D eigenvalue weighted by Crippen LogP contribution is 2.26. The topological polar surface area (TPSA) is 96.0 Å². The van der Waals surface area contributed by atoms with Gasteiger partial charge >= 0.3 is 0 Å². The second-order valence-electron chi connectivity index (χ2n) is 3.43. The number of amidine groups is 1. The first-order valence-corrected chi connectivity index (χ1v) is 6.86. The summed E-state index contributed by atoms with van der Waals surface area (Å²) in [5.41, 5.74) is 5.25. The molecule has 18 heavy (non-hydrogen) atoms. The van der Waals surface area contributed by atoms with Gasteiger partial charge < -0.3 is 10.9 Å². The quantitative estimate of drug-likeness (QED) is 0.380. The number of hydrogen-bond donors (Lipinski definition) is 2. The van der Waals surface area contributed by atoms with Crippen LogP contribution in [0.25, 0.3) is 0 Å². The summed E-state index contributed by atoms with van der Waals surface area (Å²) < 4.78 is 25.1. The Morgan fingerprint density at radius 3 is 2.56 bits per heavy atom. The molecule has 0 aliphatic carbocycles. The molecule has 3 N–H and O–H groups in total. The summed E-state index contributed by atoms with van der Waals surface area (Å²) in [7, 11) is -2.46. The second-order valence-corrected chi connectivity index (χ2v) is 6.29. The molecule has 1 aromatic rings. The maximum absolute atomic E-state index is 12.1. The van der Waals surface area contributed by atoms with Crippen molar-refractivity contribution in [1.82, 2.24) is 4.31 Å². The average molecular weight is 312 g/mol. The number of sulfonamides is 1. The van der Waals surface area contributed by atoms with E-state index in [0.29, 0.717) is 0 Å². The molecule has 0 saturated carbocycles. The Morgan fingerprint density at radius 1 is 1.44 bits per heavy atom. The lowest BCUT2D eigenvalue weighted by Gasteiger charge is -2.16. The lowest BCUT2D eigenvalue weighted by molar-refractivity contribution is 0.315. The van der Waals surface area contributed by atoms with Crippen LogP contribution >= 0.6 is 23.2 Å². The summed E-state index contributed by atoms with van der Waals surface area (Å²) in [6.07, 6.45) is 0. The van der Waals surface area contributed by atoms with Gasteiger partial charge in [0.1, 0.15) is 0 Å². The van der Waals surface area contributed by atoms with Crippen LogP contribution < -0.4 is 5.73 Å². The van der Waals surface area contributed by atoms with E-state index < -0.39 is 10.0 Å². The molecule has 0 fully saturated rings. The lowest BCUT2D eigenvalue weighted by atomic mass is 10.4. The molecule has 0 atom stereocenters. The van der Waals surface area contributed by atoms with E-state index in [-0.39, 0.29) is 27.3 Å². The largest absolute Gasteiger partial charge is 0.409 e. The van der Waals surface area contributed by atoms with E-state index in [1.807, 2.05) is 0 Å². The van der Waals surface area contributed by atoms with Crippen LogP contribution in [0.3, 0.4) is 0 Å². The Labute approximate surface area is 115 Å². The van der Waals surface area contributed by atoms with E-state index >= 15 is 0 Å². The molecule has 100 valence electrons. The minimum absolute atomic E-state index is 0.0230. The van der Waals surface area contributed by atoms with Gasteiger partial charge in [0.15, 0.2) is 5.84 Å². The number of oxime groups is 1. The van der Waals surface area contributed by atoms with Crippen molar-refractivity contribution >= 4 is 39.1 Å². The number of likely N-dealkylation sites (N-methyl/N-ethyl adjacent to an activating group) is 1. The van der Waals surface area contributed by atoms with Gasteiger partial charge in [-0.1, -0.05) is 28.4 Å². The van der Waals surface area contributed by atoms with E-state index in [1.54, 1.807) is 0 Å². The molecule has 0 unspecified atom stereocenters. The van der Waals surface area contributed by atoms with Crippen LogP contribution in [0.5, 0.6) is 0 Å². The van der Waals surface area contributed by atoms with Crippen molar-refractivity contribution in [3.8, 4) is 0 Å². The predicted octanol–water partition coefficient (Wildman–Crippen LogP) is 1.36. The molecular weight excluding hydrogens is 301 g/mol. The second kappa shape index (κ2) is 5.75. The first-order chi connectivity index (χ1) is 8.28. The van der Waals surface area contributed by atoms with Gasteiger partial charge in [-0.2, -0.15) is 4.31 Å². The van der Waals surface area contributed by atoms with Crippen LogP contribution in [0.15, 0.2) is 28.3 Å². The first kappa shape index (κ1) is 15.0.